The molecule has 0 N–H and O–H groups in total. The smallest absolute Gasteiger partial charge is 0.274 e. The Kier molecular flexibility index (Phi) is 5.46. The van der Waals surface area contributed by atoms with E-state index in [0.29, 0.717) is 12.2 Å². The molecule has 134 valence electrons. The average molecular weight is 348 g/mol. The van der Waals surface area contributed by atoms with Crippen molar-refractivity contribution in [3.8, 4) is 0 Å². The van der Waals surface area contributed by atoms with Crippen LogP contribution in [0.4, 0.5) is 0 Å². The minimum Gasteiger partial charge on any atom is -0.334 e. The number of pyridine rings is 1. The summed E-state index contributed by atoms with van der Waals surface area (Å²) in [6.07, 6.45) is 5.28. The van der Waals surface area contributed by atoms with Crippen LogP contribution in [0.3, 0.4) is 0 Å². The van der Waals surface area contributed by atoms with Crippen LogP contribution >= 0.6 is 0 Å². The summed E-state index contributed by atoms with van der Waals surface area (Å²) >= 11 is 0. The number of hydrogen-bond donors (Lipinski definition) is 0. The van der Waals surface area contributed by atoms with Gasteiger partial charge in [0.2, 0.25) is 0 Å². The second-order valence-corrected chi connectivity index (χ2v) is 6.65. The molecule has 5 heteroatoms. The second kappa shape index (κ2) is 7.95. The van der Waals surface area contributed by atoms with E-state index in [9.17, 15) is 4.79 Å². The molecule has 0 unspecified atom stereocenters. The number of hydrogen-bond acceptors (Lipinski definition) is 3. The van der Waals surface area contributed by atoms with Crippen LogP contribution in [0.1, 0.15) is 54.6 Å². The topological polar surface area (TPSA) is 51.0 Å². The molecule has 3 aromatic rings. The van der Waals surface area contributed by atoms with Crippen LogP contribution in [0.25, 0.3) is 0 Å². The Bertz CT molecular complexity index is 843. The van der Waals surface area contributed by atoms with Crippen LogP contribution in [0.5, 0.6) is 0 Å². The van der Waals surface area contributed by atoms with Gasteiger partial charge in [0.25, 0.3) is 5.91 Å². The van der Waals surface area contributed by atoms with Crippen LogP contribution < -0.4 is 0 Å². The van der Waals surface area contributed by atoms with E-state index in [-0.39, 0.29) is 18.0 Å². The van der Waals surface area contributed by atoms with E-state index in [1.54, 1.807) is 12.5 Å². The van der Waals surface area contributed by atoms with Crippen LogP contribution in [-0.2, 0) is 6.54 Å². The molecule has 1 aromatic carbocycles. The minimum atomic E-state index is -0.159. The van der Waals surface area contributed by atoms with Gasteiger partial charge in [-0.15, -0.1) is 0 Å². The third-order valence-corrected chi connectivity index (χ3v) is 4.46. The van der Waals surface area contributed by atoms with Crippen molar-refractivity contribution < 1.29 is 4.79 Å². The van der Waals surface area contributed by atoms with Crippen LogP contribution in [0.2, 0.25) is 0 Å². The molecule has 0 radical (unpaired) electrons. The number of carbonyl (C=O) groups is 1. The molecule has 0 spiro atoms. The first-order valence-electron chi connectivity index (χ1n) is 8.85. The molecule has 1 amide bonds. The van der Waals surface area contributed by atoms with Crippen LogP contribution in [0, 0.1) is 0 Å². The standard InChI is InChI=1S/C21H24N4O/c1-16(2)24-14-20(23-15-24)21(26)25(13-18-9-5-4-6-10-18)17(3)19-11-7-8-12-22-19/h4-12,14-17H,13H2,1-3H3/t17-/m1/s1. The molecule has 0 aliphatic rings. The predicted octanol–water partition coefficient (Wildman–Crippen LogP) is 4.26. The number of carbonyl (C=O) groups excluding carboxylic acids is 1. The number of imidazole rings is 1. The van der Waals surface area contributed by atoms with Crippen molar-refractivity contribution in [2.75, 3.05) is 0 Å². The van der Waals surface area contributed by atoms with E-state index in [0.717, 1.165) is 11.3 Å². The quantitative estimate of drug-likeness (QED) is 0.669. The summed E-state index contributed by atoms with van der Waals surface area (Å²) in [6, 6.07) is 15.9. The summed E-state index contributed by atoms with van der Waals surface area (Å²) in [7, 11) is 0. The van der Waals surface area contributed by atoms with Gasteiger partial charge in [-0.3, -0.25) is 9.78 Å². The Morgan fingerprint density at radius 2 is 1.77 bits per heavy atom. The Hall–Kier alpha value is -2.95. The van der Waals surface area contributed by atoms with E-state index < -0.39 is 0 Å². The van der Waals surface area contributed by atoms with Gasteiger partial charge in [0.15, 0.2) is 0 Å². The first kappa shape index (κ1) is 17.9. The summed E-state index contributed by atoms with van der Waals surface area (Å²) < 4.78 is 1.94. The number of rotatable bonds is 6. The number of benzene rings is 1. The van der Waals surface area contributed by atoms with Gasteiger partial charge in [0.05, 0.1) is 18.1 Å². The molecule has 26 heavy (non-hydrogen) atoms. The number of nitrogens with zero attached hydrogens (tertiary/aromatic N) is 4. The summed E-state index contributed by atoms with van der Waals surface area (Å²) in [5.74, 6) is -0.0913. The van der Waals surface area contributed by atoms with Gasteiger partial charge in [0, 0.05) is 25.0 Å². The molecule has 0 bridgehead atoms. The van der Waals surface area contributed by atoms with Gasteiger partial charge in [-0.05, 0) is 38.5 Å². The van der Waals surface area contributed by atoms with Crippen molar-refractivity contribution in [1.29, 1.82) is 0 Å². The van der Waals surface area contributed by atoms with Crippen LogP contribution in [-0.4, -0.2) is 25.3 Å². The summed E-state index contributed by atoms with van der Waals surface area (Å²) in [6.45, 7) is 6.64. The van der Waals surface area contributed by atoms with Crippen molar-refractivity contribution in [2.45, 2.75) is 39.4 Å². The normalized spacial score (nSPS) is 12.2. The Morgan fingerprint density at radius 3 is 2.38 bits per heavy atom. The Balaban J connectivity index is 1.92. The fourth-order valence-corrected chi connectivity index (χ4v) is 2.82. The first-order valence-corrected chi connectivity index (χ1v) is 8.85. The van der Waals surface area contributed by atoms with Gasteiger partial charge in [-0.25, -0.2) is 4.98 Å². The molecule has 0 saturated carbocycles. The molecule has 0 aliphatic heterocycles. The number of aromatic nitrogens is 3. The molecular formula is C21H24N4O. The molecular weight excluding hydrogens is 324 g/mol. The molecule has 0 saturated heterocycles. The van der Waals surface area contributed by atoms with E-state index in [1.807, 2.05) is 71.1 Å². The lowest BCUT2D eigenvalue weighted by molar-refractivity contribution is 0.0664. The molecule has 5 nitrogen and oxygen atoms in total. The van der Waals surface area contributed by atoms with Crippen molar-refractivity contribution in [3.63, 3.8) is 0 Å². The van der Waals surface area contributed by atoms with Crippen molar-refractivity contribution in [1.82, 2.24) is 19.4 Å². The maximum Gasteiger partial charge on any atom is 0.274 e. The predicted molar refractivity (Wildman–Crippen MR) is 102 cm³/mol. The van der Waals surface area contributed by atoms with Gasteiger partial charge in [0.1, 0.15) is 5.69 Å². The monoisotopic (exact) mass is 348 g/mol. The maximum atomic E-state index is 13.2. The molecule has 2 aromatic heterocycles. The van der Waals surface area contributed by atoms with Gasteiger partial charge in [-0.2, -0.15) is 0 Å². The lowest BCUT2D eigenvalue weighted by atomic mass is 10.1. The fourth-order valence-electron chi connectivity index (χ4n) is 2.82. The van der Waals surface area contributed by atoms with Gasteiger partial charge < -0.3 is 9.47 Å². The van der Waals surface area contributed by atoms with Crippen molar-refractivity contribution >= 4 is 5.91 Å². The Labute approximate surface area is 154 Å². The summed E-state index contributed by atoms with van der Waals surface area (Å²) in [5, 5.41) is 0. The first-order chi connectivity index (χ1) is 12.6. The third-order valence-electron chi connectivity index (χ3n) is 4.46. The highest BCUT2D eigenvalue weighted by atomic mass is 16.2. The molecule has 1 atom stereocenters. The average Bonchev–Trinajstić information content (AvgIpc) is 3.17. The molecule has 0 aliphatic carbocycles. The lowest BCUT2D eigenvalue weighted by Gasteiger charge is -2.28. The largest absolute Gasteiger partial charge is 0.334 e. The minimum absolute atomic E-state index is 0.0913. The maximum absolute atomic E-state index is 13.2. The fraction of sp³-hybridized carbons (Fsp3) is 0.286. The zero-order valence-electron chi connectivity index (χ0n) is 15.4. The zero-order valence-corrected chi connectivity index (χ0v) is 15.4. The Morgan fingerprint density at radius 1 is 1.04 bits per heavy atom. The SMILES string of the molecule is CC(C)n1cnc(C(=O)N(Cc2ccccc2)[C@H](C)c2ccccn2)c1. The molecule has 2 heterocycles. The van der Waals surface area contributed by atoms with E-state index >= 15 is 0 Å². The number of amides is 1. The highest BCUT2D eigenvalue weighted by Gasteiger charge is 2.25. The lowest BCUT2D eigenvalue weighted by Crippen LogP contribution is -2.33. The van der Waals surface area contributed by atoms with E-state index in [4.69, 9.17) is 0 Å². The van der Waals surface area contributed by atoms with E-state index in [2.05, 4.69) is 23.8 Å². The molecule has 3 rings (SSSR count). The van der Waals surface area contributed by atoms with Gasteiger partial charge in [-0.1, -0.05) is 36.4 Å². The van der Waals surface area contributed by atoms with Gasteiger partial charge >= 0.3 is 0 Å². The summed E-state index contributed by atoms with van der Waals surface area (Å²) in [4.78, 5) is 23.8. The van der Waals surface area contributed by atoms with Crippen molar-refractivity contribution in [3.05, 3.63) is 84.2 Å². The molecule has 0 fully saturated rings. The second-order valence-electron chi connectivity index (χ2n) is 6.65. The van der Waals surface area contributed by atoms with E-state index in [1.165, 1.54) is 0 Å². The summed E-state index contributed by atoms with van der Waals surface area (Å²) in [5.41, 5.74) is 2.39. The highest BCUT2D eigenvalue weighted by Crippen LogP contribution is 2.23. The van der Waals surface area contributed by atoms with Crippen molar-refractivity contribution in [2.24, 2.45) is 0 Å². The van der Waals surface area contributed by atoms with Crippen LogP contribution in [0.15, 0.2) is 67.3 Å². The highest BCUT2D eigenvalue weighted by molar-refractivity contribution is 5.92. The zero-order chi connectivity index (χ0) is 18.5. The third kappa shape index (κ3) is 3.99.